The number of hydrogen-bond donors (Lipinski definition) is 2. The van der Waals surface area contributed by atoms with Crippen molar-refractivity contribution in [1.29, 1.82) is 0 Å². The maximum absolute atomic E-state index is 14.2. The van der Waals surface area contributed by atoms with Gasteiger partial charge in [-0.05, 0) is 30.8 Å². The predicted molar refractivity (Wildman–Crippen MR) is 114 cm³/mol. The first-order chi connectivity index (χ1) is 15.4. The first kappa shape index (κ1) is 20.0. The molecule has 4 aromatic rings. The Morgan fingerprint density at radius 1 is 1.16 bits per heavy atom. The molecule has 0 bridgehead atoms. The van der Waals surface area contributed by atoms with Crippen LogP contribution in [0.4, 0.5) is 14.6 Å². The van der Waals surface area contributed by atoms with E-state index in [4.69, 9.17) is 5.73 Å². The number of nitrogens with two attached hydrogens (primary N) is 1. The number of primary amides is 1. The lowest BCUT2D eigenvalue weighted by Gasteiger charge is -2.12. The number of nitrogens with zero attached hydrogens (tertiary/aromatic N) is 5. The Balaban J connectivity index is 1.59. The molecule has 3 N–H and O–H groups in total. The lowest BCUT2D eigenvalue weighted by Crippen LogP contribution is -2.13. The highest BCUT2D eigenvalue weighted by atomic mass is 19.1. The molecule has 1 aliphatic heterocycles. The summed E-state index contributed by atoms with van der Waals surface area (Å²) in [5.41, 5.74) is 8.29. The van der Waals surface area contributed by atoms with Crippen LogP contribution in [0, 0.1) is 11.6 Å². The molecule has 0 saturated carbocycles. The van der Waals surface area contributed by atoms with E-state index < -0.39 is 11.7 Å². The van der Waals surface area contributed by atoms with Crippen LogP contribution in [0.2, 0.25) is 0 Å². The van der Waals surface area contributed by atoms with E-state index in [1.165, 1.54) is 29.1 Å². The Hall–Kier alpha value is -3.92. The van der Waals surface area contributed by atoms with Gasteiger partial charge in [-0.2, -0.15) is 14.8 Å². The average Bonchev–Trinajstić information content (AvgIpc) is 3.33. The molecule has 0 radical (unpaired) electrons. The smallest absolute Gasteiger partial charge is 0.253 e. The van der Waals surface area contributed by atoms with E-state index in [9.17, 15) is 13.6 Å². The van der Waals surface area contributed by atoms with E-state index in [-0.39, 0.29) is 17.3 Å². The number of hydrogen-bond acceptors (Lipinski definition) is 6. The van der Waals surface area contributed by atoms with E-state index in [1.807, 2.05) is 13.1 Å². The second-order valence-corrected chi connectivity index (χ2v) is 7.76. The molecule has 2 aromatic carbocycles. The fraction of sp³-hybridized carbons (Fsp3) is 0.182. The molecule has 0 saturated heterocycles. The molecule has 0 fully saturated rings. The largest absolute Gasteiger partial charge is 0.366 e. The maximum Gasteiger partial charge on any atom is 0.253 e. The number of amides is 1. The third kappa shape index (κ3) is 3.54. The summed E-state index contributed by atoms with van der Waals surface area (Å²) in [5, 5.41) is 7.97. The van der Waals surface area contributed by atoms with Crippen molar-refractivity contribution in [1.82, 2.24) is 24.6 Å². The minimum Gasteiger partial charge on any atom is -0.366 e. The van der Waals surface area contributed by atoms with Gasteiger partial charge in [0, 0.05) is 36.7 Å². The molecule has 1 amide bonds. The SMILES string of the molecule is CN1Cc2nc(-n3ncc4c(C(N)=O)cc(F)cc43)nc(NCc3cccc(F)c3)c2C1. The molecule has 5 rings (SSSR count). The van der Waals surface area contributed by atoms with Crippen LogP contribution in [0.5, 0.6) is 0 Å². The first-order valence-electron chi connectivity index (χ1n) is 9.93. The zero-order valence-electron chi connectivity index (χ0n) is 17.1. The van der Waals surface area contributed by atoms with Gasteiger partial charge in [-0.1, -0.05) is 12.1 Å². The molecule has 162 valence electrons. The molecule has 0 aliphatic carbocycles. The van der Waals surface area contributed by atoms with Crippen molar-refractivity contribution in [2.45, 2.75) is 19.6 Å². The third-order valence-corrected chi connectivity index (χ3v) is 5.39. The zero-order valence-corrected chi connectivity index (χ0v) is 17.1. The van der Waals surface area contributed by atoms with Gasteiger partial charge in [0.05, 0.1) is 23.0 Å². The summed E-state index contributed by atoms with van der Waals surface area (Å²) in [5.74, 6) is -0.847. The van der Waals surface area contributed by atoms with Crippen LogP contribution in [0.25, 0.3) is 16.9 Å². The van der Waals surface area contributed by atoms with Gasteiger partial charge in [-0.3, -0.25) is 9.69 Å². The molecule has 0 unspecified atom stereocenters. The van der Waals surface area contributed by atoms with E-state index in [0.717, 1.165) is 22.9 Å². The fourth-order valence-corrected chi connectivity index (χ4v) is 3.92. The Labute approximate surface area is 181 Å². The van der Waals surface area contributed by atoms with Crippen LogP contribution in [0.3, 0.4) is 0 Å². The Morgan fingerprint density at radius 2 is 2.00 bits per heavy atom. The summed E-state index contributed by atoms with van der Waals surface area (Å²) < 4.78 is 29.1. The summed E-state index contributed by atoms with van der Waals surface area (Å²) in [4.78, 5) is 23.1. The molecule has 1 aliphatic rings. The molecular weight excluding hydrogens is 416 g/mol. The molecule has 3 heterocycles. The van der Waals surface area contributed by atoms with E-state index in [1.54, 1.807) is 6.07 Å². The van der Waals surface area contributed by atoms with Gasteiger partial charge in [-0.25, -0.2) is 13.8 Å². The Bertz CT molecular complexity index is 1370. The van der Waals surface area contributed by atoms with Crippen molar-refractivity contribution in [2.75, 3.05) is 12.4 Å². The Morgan fingerprint density at radius 3 is 2.78 bits per heavy atom. The summed E-state index contributed by atoms with van der Waals surface area (Å²) in [6.07, 6.45) is 1.44. The van der Waals surface area contributed by atoms with Crippen LogP contribution in [0.1, 0.15) is 27.2 Å². The number of halogens is 2. The summed E-state index contributed by atoms with van der Waals surface area (Å²) >= 11 is 0. The van der Waals surface area contributed by atoms with E-state index in [2.05, 4.69) is 25.3 Å². The quantitative estimate of drug-likeness (QED) is 0.500. The third-order valence-electron chi connectivity index (χ3n) is 5.39. The van der Waals surface area contributed by atoms with Gasteiger partial charge in [-0.15, -0.1) is 0 Å². The summed E-state index contributed by atoms with van der Waals surface area (Å²) in [6.45, 7) is 1.63. The summed E-state index contributed by atoms with van der Waals surface area (Å²) in [7, 11) is 1.97. The summed E-state index contributed by atoms with van der Waals surface area (Å²) in [6, 6.07) is 8.66. The van der Waals surface area contributed by atoms with Crippen LogP contribution in [-0.2, 0) is 19.6 Å². The van der Waals surface area contributed by atoms with Gasteiger partial charge in [0.15, 0.2) is 0 Å². The maximum atomic E-state index is 14.2. The van der Waals surface area contributed by atoms with Crippen molar-refractivity contribution < 1.29 is 13.6 Å². The Kier molecular flexibility index (Phi) is 4.78. The van der Waals surface area contributed by atoms with Crippen molar-refractivity contribution in [3.8, 4) is 5.95 Å². The van der Waals surface area contributed by atoms with Crippen molar-refractivity contribution in [3.05, 3.63) is 76.6 Å². The monoisotopic (exact) mass is 435 g/mol. The van der Waals surface area contributed by atoms with Crippen molar-refractivity contribution in [2.24, 2.45) is 5.73 Å². The molecule has 10 heteroatoms. The number of nitrogens with one attached hydrogen (secondary N) is 1. The van der Waals surface area contributed by atoms with Gasteiger partial charge in [0.25, 0.3) is 5.95 Å². The number of fused-ring (bicyclic) bond motifs is 2. The normalized spacial score (nSPS) is 13.5. The van der Waals surface area contributed by atoms with Crippen LogP contribution in [-0.4, -0.2) is 37.6 Å². The van der Waals surface area contributed by atoms with E-state index >= 15 is 0 Å². The van der Waals surface area contributed by atoms with Crippen LogP contribution >= 0.6 is 0 Å². The van der Waals surface area contributed by atoms with Gasteiger partial charge >= 0.3 is 0 Å². The minimum absolute atomic E-state index is 0.0385. The minimum atomic E-state index is -0.747. The molecule has 8 nitrogen and oxygen atoms in total. The average molecular weight is 435 g/mol. The number of anilines is 1. The molecule has 0 spiro atoms. The lowest BCUT2D eigenvalue weighted by molar-refractivity contribution is 0.100. The van der Waals surface area contributed by atoms with Crippen LogP contribution in [0.15, 0.2) is 42.6 Å². The highest BCUT2D eigenvalue weighted by Gasteiger charge is 2.24. The first-order valence-corrected chi connectivity index (χ1v) is 9.93. The molecule has 2 aromatic heterocycles. The number of aromatic nitrogens is 4. The van der Waals surface area contributed by atoms with Gasteiger partial charge < -0.3 is 11.1 Å². The number of carbonyl (C=O) groups excluding carboxylic acids is 1. The van der Waals surface area contributed by atoms with Crippen LogP contribution < -0.4 is 11.1 Å². The number of benzene rings is 2. The van der Waals surface area contributed by atoms with Crippen molar-refractivity contribution >= 4 is 22.6 Å². The van der Waals surface area contributed by atoms with Gasteiger partial charge in [0.2, 0.25) is 5.91 Å². The standard InChI is InChI=1S/C22H19F2N7O/c1-30-10-17-18(11-30)28-22(29-21(17)26-8-12-3-2-4-13(23)5-12)31-19-7-14(24)6-15(20(25)32)16(19)9-27-31/h2-7,9H,8,10-11H2,1H3,(H2,25,32)(H,26,28,29). The molecule has 0 atom stereocenters. The van der Waals surface area contributed by atoms with Crippen molar-refractivity contribution in [3.63, 3.8) is 0 Å². The van der Waals surface area contributed by atoms with E-state index in [0.29, 0.717) is 36.4 Å². The highest BCUT2D eigenvalue weighted by Crippen LogP contribution is 2.29. The molecular formula is C22H19F2N7O. The zero-order chi connectivity index (χ0) is 22.4. The second-order valence-electron chi connectivity index (χ2n) is 7.76. The number of rotatable bonds is 5. The predicted octanol–water partition coefficient (Wildman–Crippen LogP) is 2.75. The molecule has 32 heavy (non-hydrogen) atoms. The van der Waals surface area contributed by atoms with Gasteiger partial charge in [0.1, 0.15) is 17.5 Å². The highest BCUT2D eigenvalue weighted by molar-refractivity contribution is 6.05. The fourth-order valence-electron chi connectivity index (χ4n) is 3.92. The topological polar surface area (TPSA) is 102 Å². The number of carbonyl (C=O) groups is 1. The lowest BCUT2D eigenvalue weighted by atomic mass is 10.1. The second kappa shape index (κ2) is 7.65.